The monoisotopic (exact) mass is 560 g/mol. The van der Waals surface area contributed by atoms with Crippen LogP contribution in [0.3, 0.4) is 0 Å². The Balaban J connectivity index is 1.36. The fourth-order valence-electron chi connectivity index (χ4n) is 4.73. The average molecular weight is 561 g/mol. The van der Waals surface area contributed by atoms with Crippen molar-refractivity contribution in [1.82, 2.24) is 34.8 Å². The molecule has 1 amide bonds. The van der Waals surface area contributed by atoms with Crippen molar-refractivity contribution in [1.29, 1.82) is 0 Å². The number of nitrogens with zero attached hydrogens (tertiary/aromatic N) is 7. The average Bonchev–Trinajstić information content (AvgIpc) is 3.71. The van der Waals surface area contributed by atoms with Gasteiger partial charge in [-0.05, 0) is 25.5 Å². The molecule has 1 aliphatic heterocycles. The van der Waals surface area contributed by atoms with Crippen LogP contribution >= 0.6 is 11.6 Å². The fraction of sp³-hybridized carbons (Fsp3) is 0.321. The van der Waals surface area contributed by atoms with E-state index >= 15 is 0 Å². The van der Waals surface area contributed by atoms with E-state index in [9.17, 15) is 4.79 Å². The standard InChI is InChI=1S/C28H29ClN8O3/c1-18-4-3-5-20(12-18)21-16-31-37(17-21)28-32-23-14-24(40-26(23)27(33-28)35-8-10-39-11-9-35)22-13-19(2)36(34-22)7-6-30-25(38)15-29/h3-5,12-14,16-17H,6-11,15H2,1-2H3,(H,30,38). The molecule has 1 aromatic carbocycles. The number of morpholine rings is 1. The maximum Gasteiger partial charge on any atom is 0.253 e. The number of anilines is 1. The summed E-state index contributed by atoms with van der Waals surface area (Å²) in [5.41, 5.74) is 6.12. The molecule has 0 unspecified atom stereocenters. The number of aryl methyl sites for hydroxylation is 2. The van der Waals surface area contributed by atoms with Crippen molar-refractivity contribution in [2.75, 3.05) is 43.6 Å². The van der Waals surface area contributed by atoms with Crippen molar-refractivity contribution in [3.05, 3.63) is 60.0 Å². The van der Waals surface area contributed by atoms with Crippen LogP contribution in [0, 0.1) is 13.8 Å². The molecule has 0 radical (unpaired) electrons. The zero-order valence-corrected chi connectivity index (χ0v) is 23.1. The number of halogens is 1. The number of furan rings is 1. The summed E-state index contributed by atoms with van der Waals surface area (Å²) in [5.74, 6) is 1.46. The lowest BCUT2D eigenvalue weighted by Crippen LogP contribution is -2.37. The van der Waals surface area contributed by atoms with Gasteiger partial charge in [0, 0.05) is 43.2 Å². The molecule has 12 heteroatoms. The highest BCUT2D eigenvalue weighted by atomic mass is 35.5. The summed E-state index contributed by atoms with van der Waals surface area (Å²) in [6.45, 7) is 7.57. The number of rotatable bonds is 8. The topological polar surface area (TPSA) is 116 Å². The van der Waals surface area contributed by atoms with Crippen LogP contribution in [0.4, 0.5) is 5.82 Å². The number of aromatic nitrogens is 6. The summed E-state index contributed by atoms with van der Waals surface area (Å²) in [7, 11) is 0. The van der Waals surface area contributed by atoms with Crippen LogP contribution in [-0.4, -0.2) is 74.2 Å². The molecule has 1 N–H and O–H groups in total. The first-order valence-corrected chi connectivity index (χ1v) is 13.7. The lowest BCUT2D eigenvalue weighted by Gasteiger charge is -2.27. The van der Waals surface area contributed by atoms with E-state index in [0.717, 1.165) is 16.8 Å². The predicted molar refractivity (Wildman–Crippen MR) is 152 cm³/mol. The highest BCUT2D eigenvalue weighted by Gasteiger charge is 2.23. The second-order valence-electron chi connectivity index (χ2n) is 9.69. The van der Waals surface area contributed by atoms with E-state index in [1.807, 2.05) is 42.2 Å². The molecule has 0 aliphatic carbocycles. The summed E-state index contributed by atoms with van der Waals surface area (Å²) >= 11 is 5.57. The van der Waals surface area contributed by atoms with Gasteiger partial charge in [0.1, 0.15) is 17.1 Å². The highest BCUT2D eigenvalue weighted by molar-refractivity contribution is 6.27. The van der Waals surface area contributed by atoms with Gasteiger partial charge in [-0.3, -0.25) is 9.48 Å². The number of nitrogens with one attached hydrogen (secondary N) is 1. The number of alkyl halides is 1. The number of ether oxygens (including phenoxy) is 1. The summed E-state index contributed by atoms with van der Waals surface area (Å²) in [6, 6.07) is 12.1. The van der Waals surface area contributed by atoms with Crippen LogP contribution in [0.2, 0.25) is 0 Å². The quantitative estimate of drug-likeness (QED) is 0.285. The molecule has 1 aliphatic rings. The van der Waals surface area contributed by atoms with Crippen LogP contribution in [0.25, 0.3) is 39.6 Å². The van der Waals surface area contributed by atoms with Gasteiger partial charge in [0.05, 0.1) is 26.0 Å². The van der Waals surface area contributed by atoms with Crippen molar-refractivity contribution in [2.24, 2.45) is 0 Å². The molecule has 5 aromatic rings. The van der Waals surface area contributed by atoms with Gasteiger partial charge in [-0.15, -0.1) is 11.6 Å². The number of carbonyl (C=O) groups excluding carboxylic acids is 1. The Morgan fingerprint density at radius 2 is 1.95 bits per heavy atom. The zero-order valence-electron chi connectivity index (χ0n) is 22.3. The SMILES string of the molecule is Cc1cccc(-c2cnn(-c3nc(N4CCOCC4)c4oc(-c5cc(C)n(CCNC(=O)CCl)n5)cc4n3)c2)c1. The van der Waals surface area contributed by atoms with Crippen LogP contribution < -0.4 is 10.2 Å². The van der Waals surface area contributed by atoms with Crippen LogP contribution in [-0.2, 0) is 16.1 Å². The second kappa shape index (κ2) is 11.1. The third kappa shape index (κ3) is 5.30. The van der Waals surface area contributed by atoms with Gasteiger partial charge in [0.15, 0.2) is 17.2 Å². The summed E-state index contributed by atoms with van der Waals surface area (Å²) in [6.07, 6.45) is 3.76. The minimum Gasteiger partial charge on any atom is -0.449 e. The minimum absolute atomic E-state index is 0.0669. The Kier molecular flexibility index (Phi) is 7.23. The van der Waals surface area contributed by atoms with Gasteiger partial charge in [0.25, 0.3) is 5.95 Å². The molecule has 0 spiro atoms. The van der Waals surface area contributed by atoms with Gasteiger partial charge in [-0.1, -0.05) is 29.8 Å². The Morgan fingerprint density at radius 3 is 2.75 bits per heavy atom. The number of benzene rings is 1. The normalized spacial score (nSPS) is 13.7. The van der Waals surface area contributed by atoms with Crippen molar-refractivity contribution >= 4 is 34.4 Å². The summed E-state index contributed by atoms with van der Waals surface area (Å²) in [4.78, 5) is 23.4. The van der Waals surface area contributed by atoms with Crippen LogP contribution in [0.15, 0.2) is 53.2 Å². The fourth-order valence-corrected chi connectivity index (χ4v) is 4.83. The number of hydrogen-bond donors (Lipinski definition) is 1. The van der Waals surface area contributed by atoms with E-state index in [1.54, 1.807) is 4.68 Å². The summed E-state index contributed by atoms with van der Waals surface area (Å²) in [5, 5.41) is 12.0. The molecule has 1 saturated heterocycles. The lowest BCUT2D eigenvalue weighted by molar-refractivity contribution is -0.118. The molecular weight excluding hydrogens is 532 g/mol. The van der Waals surface area contributed by atoms with E-state index in [-0.39, 0.29) is 11.8 Å². The lowest BCUT2D eigenvalue weighted by atomic mass is 10.1. The molecule has 4 aromatic heterocycles. The van der Waals surface area contributed by atoms with Gasteiger partial charge < -0.3 is 19.4 Å². The van der Waals surface area contributed by atoms with Crippen LogP contribution in [0.5, 0.6) is 0 Å². The van der Waals surface area contributed by atoms with Crippen molar-refractivity contribution < 1.29 is 13.9 Å². The third-order valence-electron chi connectivity index (χ3n) is 6.79. The maximum absolute atomic E-state index is 11.5. The maximum atomic E-state index is 11.5. The first-order valence-electron chi connectivity index (χ1n) is 13.1. The molecule has 0 atom stereocenters. The molecule has 0 saturated carbocycles. The van der Waals surface area contributed by atoms with E-state index in [4.69, 9.17) is 35.8 Å². The van der Waals surface area contributed by atoms with E-state index in [1.165, 1.54) is 5.56 Å². The zero-order chi connectivity index (χ0) is 27.6. The Hall–Kier alpha value is -4.22. The Bertz CT molecular complexity index is 1670. The van der Waals surface area contributed by atoms with Gasteiger partial charge in [0.2, 0.25) is 5.91 Å². The van der Waals surface area contributed by atoms with Crippen molar-refractivity contribution in [3.8, 4) is 28.5 Å². The van der Waals surface area contributed by atoms with E-state index < -0.39 is 0 Å². The summed E-state index contributed by atoms with van der Waals surface area (Å²) < 4.78 is 15.4. The molecule has 5 heterocycles. The molecule has 206 valence electrons. The molecular formula is C28H29ClN8O3. The molecule has 1 fully saturated rings. The van der Waals surface area contributed by atoms with Gasteiger partial charge in [-0.25, -0.2) is 9.67 Å². The molecule has 0 bridgehead atoms. The molecule has 11 nitrogen and oxygen atoms in total. The van der Waals surface area contributed by atoms with E-state index in [0.29, 0.717) is 73.7 Å². The first kappa shape index (κ1) is 26.0. The van der Waals surface area contributed by atoms with Crippen molar-refractivity contribution in [3.63, 3.8) is 0 Å². The second-order valence-corrected chi connectivity index (χ2v) is 9.96. The highest BCUT2D eigenvalue weighted by Crippen LogP contribution is 2.33. The number of hydrogen-bond acceptors (Lipinski definition) is 8. The van der Waals surface area contributed by atoms with Gasteiger partial charge in [-0.2, -0.15) is 15.2 Å². The smallest absolute Gasteiger partial charge is 0.253 e. The van der Waals surface area contributed by atoms with Crippen molar-refractivity contribution in [2.45, 2.75) is 20.4 Å². The number of fused-ring (bicyclic) bond motifs is 1. The predicted octanol–water partition coefficient (Wildman–Crippen LogP) is 3.75. The number of carbonyl (C=O) groups is 1. The largest absolute Gasteiger partial charge is 0.449 e. The van der Waals surface area contributed by atoms with Gasteiger partial charge >= 0.3 is 0 Å². The molecule has 6 rings (SSSR count). The third-order valence-corrected chi connectivity index (χ3v) is 7.03. The van der Waals surface area contributed by atoms with E-state index in [2.05, 4.69) is 40.4 Å². The Morgan fingerprint density at radius 1 is 1.10 bits per heavy atom. The first-order chi connectivity index (χ1) is 19.5. The number of amides is 1. The van der Waals surface area contributed by atoms with Crippen LogP contribution in [0.1, 0.15) is 11.3 Å². The minimum atomic E-state index is -0.211. The Labute approximate surface area is 235 Å². The molecule has 40 heavy (non-hydrogen) atoms.